The smallest absolute Gasteiger partial charge is 0.216 e. The molecule has 0 saturated heterocycles. The number of methoxy groups -OCH3 is 2. The minimum absolute atomic E-state index is 0.0155. The van der Waals surface area contributed by atoms with Crippen LogP contribution in [0.2, 0.25) is 0 Å². The molecular formula is C12H17NO4. The predicted octanol–water partition coefficient (Wildman–Crippen LogP) is 1.09. The summed E-state index contributed by atoms with van der Waals surface area (Å²) in [6.07, 6.45) is 0.645. The van der Waals surface area contributed by atoms with Gasteiger partial charge in [0.2, 0.25) is 11.7 Å². The maximum Gasteiger partial charge on any atom is 0.216 e. The van der Waals surface area contributed by atoms with Gasteiger partial charge in [0.05, 0.1) is 14.2 Å². The highest BCUT2D eigenvalue weighted by Crippen LogP contribution is 2.37. The van der Waals surface area contributed by atoms with Gasteiger partial charge in [0.15, 0.2) is 11.5 Å². The van der Waals surface area contributed by atoms with Gasteiger partial charge in [0.1, 0.15) is 0 Å². The van der Waals surface area contributed by atoms with Crippen LogP contribution in [-0.2, 0) is 11.2 Å². The molecule has 0 radical (unpaired) electrons. The van der Waals surface area contributed by atoms with Gasteiger partial charge in [-0.15, -0.1) is 0 Å². The number of carbonyl (C=O) groups is 1. The summed E-state index contributed by atoms with van der Waals surface area (Å²) < 4.78 is 10.1. The van der Waals surface area contributed by atoms with Gasteiger partial charge < -0.3 is 19.9 Å². The molecule has 0 bridgehead atoms. The molecule has 1 rings (SSSR count). The molecule has 2 N–H and O–H groups in total. The second-order valence-corrected chi connectivity index (χ2v) is 3.58. The van der Waals surface area contributed by atoms with Crippen molar-refractivity contribution < 1.29 is 19.4 Å². The molecule has 1 amide bonds. The van der Waals surface area contributed by atoms with Gasteiger partial charge in [-0.05, 0) is 24.1 Å². The molecule has 94 valence electrons. The first-order valence-electron chi connectivity index (χ1n) is 5.26. The highest BCUT2D eigenvalue weighted by Gasteiger charge is 2.10. The average molecular weight is 239 g/mol. The summed E-state index contributed by atoms with van der Waals surface area (Å²) in [6, 6.07) is 3.44. The van der Waals surface area contributed by atoms with E-state index in [9.17, 15) is 9.90 Å². The average Bonchev–Trinajstić information content (AvgIpc) is 2.30. The molecule has 0 unspecified atom stereocenters. The number of hydrogen-bond donors (Lipinski definition) is 2. The number of phenols is 1. The second-order valence-electron chi connectivity index (χ2n) is 3.58. The molecule has 5 heteroatoms. The Bertz CT molecular complexity index is 378. The van der Waals surface area contributed by atoms with Crippen LogP contribution in [0.3, 0.4) is 0 Å². The number of carbonyl (C=O) groups excluding carboxylic acids is 1. The fourth-order valence-corrected chi connectivity index (χ4v) is 1.47. The zero-order valence-corrected chi connectivity index (χ0v) is 10.2. The lowest BCUT2D eigenvalue weighted by Crippen LogP contribution is -2.22. The standard InChI is InChI=1S/C12H17NO4/c1-8(14)13-5-4-9-6-10(16-2)12(15)11(7-9)17-3/h6-7,15H,4-5H2,1-3H3,(H,13,14). The van der Waals surface area contributed by atoms with Crippen LogP contribution in [0.25, 0.3) is 0 Å². The Balaban J connectivity index is 2.82. The van der Waals surface area contributed by atoms with E-state index in [-0.39, 0.29) is 11.7 Å². The highest BCUT2D eigenvalue weighted by atomic mass is 16.5. The van der Waals surface area contributed by atoms with E-state index < -0.39 is 0 Å². The van der Waals surface area contributed by atoms with E-state index in [4.69, 9.17) is 9.47 Å². The molecule has 0 spiro atoms. The lowest BCUT2D eigenvalue weighted by Gasteiger charge is -2.11. The van der Waals surface area contributed by atoms with Crippen LogP contribution in [0.5, 0.6) is 17.2 Å². The van der Waals surface area contributed by atoms with Crippen molar-refractivity contribution in [2.75, 3.05) is 20.8 Å². The molecule has 5 nitrogen and oxygen atoms in total. The minimum Gasteiger partial charge on any atom is -0.502 e. The third-order valence-electron chi connectivity index (χ3n) is 2.33. The van der Waals surface area contributed by atoms with Gasteiger partial charge in [-0.2, -0.15) is 0 Å². The Labute approximate surface area is 100 Å². The number of rotatable bonds is 5. The molecule has 0 fully saturated rings. The van der Waals surface area contributed by atoms with Crippen molar-refractivity contribution in [3.05, 3.63) is 17.7 Å². The third kappa shape index (κ3) is 3.55. The molecule has 1 aromatic carbocycles. The zero-order chi connectivity index (χ0) is 12.8. The zero-order valence-electron chi connectivity index (χ0n) is 10.2. The van der Waals surface area contributed by atoms with Gasteiger partial charge in [0, 0.05) is 13.5 Å². The van der Waals surface area contributed by atoms with Crippen LogP contribution in [0.15, 0.2) is 12.1 Å². The molecule has 1 aromatic rings. The molecule has 17 heavy (non-hydrogen) atoms. The summed E-state index contributed by atoms with van der Waals surface area (Å²) in [4.78, 5) is 10.7. The van der Waals surface area contributed by atoms with E-state index in [1.165, 1.54) is 21.1 Å². The van der Waals surface area contributed by atoms with Crippen LogP contribution in [-0.4, -0.2) is 31.8 Å². The number of nitrogens with one attached hydrogen (secondary N) is 1. The molecule has 0 heterocycles. The number of phenolic OH excluding ortho intramolecular Hbond substituents is 1. The lowest BCUT2D eigenvalue weighted by molar-refractivity contribution is -0.118. The summed E-state index contributed by atoms with van der Waals surface area (Å²) in [5.74, 6) is 0.644. The Morgan fingerprint density at radius 2 is 1.82 bits per heavy atom. The summed E-state index contributed by atoms with van der Waals surface area (Å²) in [5, 5.41) is 12.4. The summed E-state index contributed by atoms with van der Waals surface area (Å²) in [7, 11) is 2.96. The molecule has 0 aliphatic carbocycles. The number of hydrogen-bond acceptors (Lipinski definition) is 4. The van der Waals surface area contributed by atoms with Gasteiger partial charge in [-0.25, -0.2) is 0 Å². The van der Waals surface area contributed by atoms with E-state index in [0.717, 1.165) is 5.56 Å². The van der Waals surface area contributed by atoms with Crippen molar-refractivity contribution in [1.82, 2.24) is 5.32 Å². The summed E-state index contributed by atoms with van der Waals surface area (Å²) in [5.41, 5.74) is 0.922. The summed E-state index contributed by atoms with van der Waals surface area (Å²) in [6.45, 7) is 2.00. The van der Waals surface area contributed by atoms with Crippen LogP contribution in [0, 0.1) is 0 Å². The number of aromatic hydroxyl groups is 1. The monoisotopic (exact) mass is 239 g/mol. The van der Waals surface area contributed by atoms with Crippen LogP contribution in [0.4, 0.5) is 0 Å². The first-order chi connectivity index (χ1) is 8.08. The van der Waals surface area contributed by atoms with E-state index in [0.29, 0.717) is 24.5 Å². The first kappa shape index (κ1) is 13.2. The maximum absolute atomic E-state index is 10.7. The largest absolute Gasteiger partial charge is 0.502 e. The predicted molar refractivity (Wildman–Crippen MR) is 63.6 cm³/mol. The fourth-order valence-electron chi connectivity index (χ4n) is 1.47. The Hall–Kier alpha value is -1.91. The normalized spacial score (nSPS) is 9.82. The van der Waals surface area contributed by atoms with E-state index >= 15 is 0 Å². The molecule has 0 aliphatic heterocycles. The van der Waals surface area contributed by atoms with E-state index in [1.54, 1.807) is 12.1 Å². The topological polar surface area (TPSA) is 67.8 Å². The van der Waals surface area contributed by atoms with Crippen LogP contribution < -0.4 is 14.8 Å². The van der Waals surface area contributed by atoms with Crippen molar-refractivity contribution >= 4 is 5.91 Å². The molecule has 0 atom stereocenters. The number of amides is 1. The van der Waals surface area contributed by atoms with E-state index in [2.05, 4.69) is 5.32 Å². The van der Waals surface area contributed by atoms with Crippen LogP contribution >= 0.6 is 0 Å². The fraction of sp³-hybridized carbons (Fsp3) is 0.417. The van der Waals surface area contributed by atoms with Crippen molar-refractivity contribution in [3.8, 4) is 17.2 Å². The van der Waals surface area contributed by atoms with Crippen LogP contribution in [0.1, 0.15) is 12.5 Å². The number of benzene rings is 1. The van der Waals surface area contributed by atoms with Gasteiger partial charge in [0.25, 0.3) is 0 Å². The first-order valence-corrected chi connectivity index (χ1v) is 5.26. The SMILES string of the molecule is COc1cc(CCNC(C)=O)cc(OC)c1O. The summed E-state index contributed by atoms with van der Waals surface area (Å²) >= 11 is 0. The minimum atomic E-state index is -0.0669. The van der Waals surface area contributed by atoms with Gasteiger partial charge >= 0.3 is 0 Å². The second kappa shape index (κ2) is 5.98. The highest BCUT2D eigenvalue weighted by molar-refractivity contribution is 5.72. The molecular weight excluding hydrogens is 222 g/mol. The van der Waals surface area contributed by atoms with Gasteiger partial charge in [-0.3, -0.25) is 4.79 Å². The van der Waals surface area contributed by atoms with Gasteiger partial charge in [-0.1, -0.05) is 0 Å². The van der Waals surface area contributed by atoms with Crippen molar-refractivity contribution in [2.24, 2.45) is 0 Å². The third-order valence-corrected chi connectivity index (χ3v) is 2.33. The molecule has 0 aromatic heterocycles. The van der Waals surface area contributed by atoms with E-state index in [1.807, 2.05) is 0 Å². The Morgan fingerprint density at radius 3 is 2.24 bits per heavy atom. The Kier molecular flexibility index (Phi) is 4.63. The van der Waals surface area contributed by atoms with Crippen molar-refractivity contribution in [2.45, 2.75) is 13.3 Å². The Morgan fingerprint density at radius 1 is 1.29 bits per heavy atom. The lowest BCUT2D eigenvalue weighted by atomic mass is 10.1. The maximum atomic E-state index is 10.7. The quantitative estimate of drug-likeness (QED) is 0.807. The molecule has 0 aliphatic rings. The number of ether oxygens (including phenoxy) is 2. The van der Waals surface area contributed by atoms with Crippen molar-refractivity contribution in [1.29, 1.82) is 0 Å². The molecule has 0 saturated carbocycles. The van der Waals surface area contributed by atoms with Crippen molar-refractivity contribution in [3.63, 3.8) is 0 Å².